The van der Waals surface area contributed by atoms with Crippen LogP contribution in [0, 0.1) is 5.82 Å². The Balaban J connectivity index is 1.57. The predicted molar refractivity (Wildman–Crippen MR) is 100 cm³/mol. The lowest BCUT2D eigenvalue weighted by molar-refractivity contribution is -0.118. The molecule has 0 saturated heterocycles. The molecular weight excluding hydrogens is 385 g/mol. The van der Waals surface area contributed by atoms with Gasteiger partial charge in [0.15, 0.2) is 15.4 Å². The van der Waals surface area contributed by atoms with E-state index in [0.29, 0.717) is 24.0 Å². The number of amides is 1. The number of carbonyl (C=O) groups is 1. The molecule has 0 N–H and O–H groups in total. The third-order valence-electron chi connectivity index (χ3n) is 5.01. The number of fused-ring (bicyclic) bond motifs is 2. The number of aryl methyl sites for hydroxylation is 1. The molecule has 146 valence electrons. The van der Waals surface area contributed by atoms with Crippen molar-refractivity contribution < 1.29 is 22.2 Å². The first kappa shape index (κ1) is 18.5. The zero-order chi connectivity index (χ0) is 19.9. The van der Waals surface area contributed by atoms with E-state index in [1.165, 1.54) is 18.2 Å². The van der Waals surface area contributed by atoms with Crippen molar-refractivity contribution in [2.45, 2.75) is 37.1 Å². The van der Waals surface area contributed by atoms with E-state index in [1.807, 2.05) is 6.92 Å². The molecular formula is C19H18FN3O4S. The molecule has 1 atom stereocenters. The molecule has 1 amide bonds. The first-order valence-corrected chi connectivity index (χ1v) is 10.6. The molecule has 4 rings (SSSR count). The van der Waals surface area contributed by atoms with Crippen molar-refractivity contribution in [2.24, 2.45) is 0 Å². The van der Waals surface area contributed by atoms with Gasteiger partial charge in [-0.3, -0.25) is 4.79 Å². The van der Waals surface area contributed by atoms with Crippen LogP contribution >= 0.6 is 0 Å². The molecule has 0 bridgehead atoms. The number of anilines is 1. The van der Waals surface area contributed by atoms with E-state index < -0.39 is 9.84 Å². The number of carbonyl (C=O) groups excluding carboxylic acids is 1. The highest BCUT2D eigenvalue weighted by molar-refractivity contribution is 7.91. The quantitative estimate of drug-likeness (QED) is 0.665. The summed E-state index contributed by atoms with van der Waals surface area (Å²) in [6, 6.07) is 8.81. The van der Waals surface area contributed by atoms with Crippen LogP contribution in [0.2, 0.25) is 0 Å². The first-order chi connectivity index (χ1) is 13.4. The maximum atomic E-state index is 13.5. The van der Waals surface area contributed by atoms with Gasteiger partial charge in [0.25, 0.3) is 0 Å². The Morgan fingerprint density at radius 3 is 2.93 bits per heavy atom. The maximum absolute atomic E-state index is 13.5. The number of rotatable bonds is 4. The van der Waals surface area contributed by atoms with Crippen LogP contribution in [-0.4, -0.2) is 36.4 Å². The number of nitrogens with zero attached hydrogens (tertiary/aromatic N) is 3. The fourth-order valence-corrected chi connectivity index (χ4v) is 4.97. The number of benzene rings is 2. The van der Waals surface area contributed by atoms with Crippen LogP contribution in [0.4, 0.5) is 10.1 Å². The van der Waals surface area contributed by atoms with Gasteiger partial charge >= 0.3 is 0 Å². The van der Waals surface area contributed by atoms with Crippen LogP contribution in [0.25, 0.3) is 11.0 Å². The molecule has 1 aromatic heterocycles. The van der Waals surface area contributed by atoms with Gasteiger partial charge in [-0.25, -0.2) is 17.4 Å². The Hall–Kier alpha value is -2.81. The summed E-state index contributed by atoms with van der Waals surface area (Å²) in [5.74, 6) is -1.02. The maximum Gasteiger partial charge on any atom is 0.228 e. The van der Waals surface area contributed by atoms with Crippen molar-refractivity contribution in [1.29, 1.82) is 0 Å². The second-order valence-electron chi connectivity index (χ2n) is 6.88. The van der Waals surface area contributed by atoms with Crippen LogP contribution in [0.5, 0.6) is 0 Å². The van der Waals surface area contributed by atoms with Gasteiger partial charge in [-0.2, -0.15) is 0 Å². The molecule has 2 aromatic carbocycles. The molecule has 1 unspecified atom stereocenters. The summed E-state index contributed by atoms with van der Waals surface area (Å²) in [6.45, 7) is 1.90. The van der Waals surface area contributed by atoms with Crippen molar-refractivity contribution in [1.82, 2.24) is 10.3 Å². The van der Waals surface area contributed by atoms with Crippen molar-refractivity contribution in [3.8, 4) is 0 Å². The summed E-state index contributed by atoms with van der Waals surface area (Å²) in [4.78, 5) is 14.4. The van der Waals surface area contributed by atoms with E-state index >= 15 is 0 Å². The number of halogens is 1. The van der Waals surface area contributed by atoms with Crippen molar-refractivity contribution in [3.63, 3.8) is 0 Å². The van der Waals surface area contributed by atoms with Gasteiger partial charge in [-0.05, 0) is 66.0 Å². The molecule has 1 aliphatic heterocycles. The van der Waals surface area contributed by atoms with Crippen LogP contribution < -0.4 is 4.90 Å². The van der Waals surface area contributed by atoms with Crippen molar-refractivity contribution >= 4 is 32.5 Å². The van der Waals surface area contributed by atoms with E-state index in [2.05, 4.69) is 14.9 Å². The predicted octanol–water partition coefficient (Wildman–Crippen LogP) is 2.89. The van der Waals surface area contributed by atoms with Crippen LogP contribution in [0.3, 0.4) is 0 Å². The summed E-state index contributed by atoms with van der Waals surface area (Å²) in [5.41, 5.74) is 1.90. The van der Waals surface area contributed by atoms with E-state index in [1.54, 1.807) is 23.1 Å². The van der Waals surface area contributed by atoms with E-state index in [9.17, 15) is 17.6 Å². The molecule has 9 heteroatoms. The number of aromatic nitrogens is 2. The zero-order valence-electron chi connectivity index (χ0n) is 15.1. The van der Waals surface area contributed by atoms with Gasteiger partial charge in [-0.1, -0.05) is 6.07 Å². The van der Waals surface area contributed by atoms with Gasteiger partial charge in [0.05, 0.1) is 10.6 Å². The van der Waals surface area contributed by atoms with Gasteiger partial charge < -0.3 is 4.90 Å². The second-order valence-corrected chi connectivity index (χ2v) is 8.96. The SMILES string of the molecule is CC1CCc2cc(F)ccc2N1C(=O)CCS(=O)(=O)c1cccc2nonc12. The molecule has 0 aliphatic carbocycles. The molecule has 0 fully saturated rings. The molecule has 3 aromatic rings. The molecule has 0 spiro atoms. The summed E-state index contributed by atoms with van der Waals surface area (Å²) < 4.78 is 43.7. The third-order valence-corrected chi connectivity index (χ3v) is 6.75. The summed E-state index contributed by atoms with van der Waals surface area (Å²) >= 11 is 0. The lowest BCUT2D eigenvalue weighted by Crippen LogP contribution is -2.42. The Morgan fingerprint density at radius 2 is 2.11 bits per heavy atom. The molecule has 0 radical (unpaired) electrons. The minimum Gasteiger partial charge on any atom is -0.309 e. The zero-order valence-corrected chi connectivity index (χ0v) is 15.9. The average molecular weight is 403 g/mol. The summed E-state index contributed by atoms with van der Waals surface area (Å²) in [6.07, 6.45) is 1.18. The fourth-order valence-electron chi connectivity index (χ4n) is 3.58. The lowest BCUT2D eigenvalue weighted by atomic mass is 9.96. The number of sulfone groups is 1. The van der Waals surface area contributed by atoms with Gasteiger partial charge in [-0.15, -0.1) is 0 Å². The number of hydrogen-bond acceptors (Lipinski definition) is 6. The van der Waals surface area contributed by atoms with Crippen LogP contribution in [-0.2, 0) is 21.1 Å². The van der Waals surface area contributed by atoms with Gasteiger partial charge in [0.2, 0.25) is 5.91 Å². The Bertz CT molecular complexity index is 1160. The summed E-state index contributed by atoms with van der Waals surface area (Å²) in [7, 11) is -3.76. The van der Waals surface area contributed by atoms with Crippen molar-refractivity contribution in [3.05, 3.63) is 47.8 Å². The standard InChI is InChI=1S/C19H18FN3O4S/c1-12-5-6-13-11-14(20)7-8-16(13)23(12)18(24)9-10-28(25,26)17-4-2-3-15-19(17)22-27-21-15/h2-4,7-8,11-12H,5-6,9-10H2,1H3. The summed E-state index contributed by atoms with van der Waals surface area (Å²) in [5, 5.41) is 7.30. The lowest BCUT2D eigenvalue weighted by Gasteiger charge is -2.35. The Labute approximate surface area is 161 Å². The third kappa shape index (κ3) is 3.26. The van der Waals surface area contributed by atoms with E-state index in [-0.39, 0.29) is 40.4 Å². The topological polar surface area (TPSA) is 93.4 Å². The molecule has 0 saturated carbocycles. The van der Waals surface area contributed by atoms with Gasteiger partial charge in [0.1, 0.15) is 11.3 Å². The highest BCUT2D eigenvalue weighted by Gasteiger charge is 2.30. The molecule has 28 heavy (non-hydrogen) atoms. The number of hydrogen-bond donors (Lipinski definition) is 0. The minimum absolute atomic E-state index is 0.00628. The monoisotopic (exact) mass is 403 g/mol. The Morgan fingerprint density at radius 1 is 1.29 bits per heavy atom. The smallest absolute Gasteiger partial charge is 0.228 e. The van der Waals surface area contributed by atoms with Crippen LogP contribution in [0.1, 0.15) is 25.3 Å². The van der Waals surface area contributed by atoms with E-state index in [4.69, 9.17) is 0 Å². The minimum atomic E-state index is -3.76. The fraction of sp³-hybridized carbons (Fsp3) is 0.316. The average Bonchev–Trinajstić information content (AvgIpc) is 3.15. The first-order valence-electron chi connectivity index (χ1n) is 8.91. The molecule has 1 aliphatic rings. The largest absolute Gasteiger partial charge is 0.309 e. The Kier molecular flexibility index (Phi) is 4.62. The second kappa shape index (κ2) is 6.97. The normalized spacial score (nSPS) is 16.9. The van der Waals surface area contributed by atoms with Crippen LogP contribution in [0.15, 0.2) is 45.9 Å². The highest BCUT2D eigenvalue weighted by atomic mass is 32.2. The highest BCUT2D eigenvalue weighted by Crippen LogP contribution is 2.32. The van der Waals surface area contributed by atoms with E-state index in [0.717, 1.165) is 5.56 Å². The molecule has 2 heterocycles. The van der Waals surface area contributed by atoms with Gasteiger partial charge in [0, 0.05) is 18.2 Å². The van der Waals surface area contributed by atoms with Crippen molar-refractivity contribution in [2.75, 3.05) is 10.7 Å². The molecule has 7 nitrogen and oxygen atoms in total.